The molecule has 2 rings (SSSR count). The van der Waals surface area contributed by atoms with Crippen LogP contribution in [0.5, 0.6) is 0 Å². The van der Waals surface area contributed by atoms with Gasteiger partial charge < -0.3 is 10.2 Å². The average molecular weight is 367 g/mol. The molecule has 140 valence electrons. The van der Waals surface area contributed by atoms with Crippen LogP contribution in [-0.4, -0.2) is 35.7 Å². The maximum absolute atomic E-state index is 12.4. The van der Waals surface area contributed by atoms with Crippen molar-refractivity contribution in [3.8, 4) is 0 Å². The van der Waals surface area contributed by atoms with E-state index < -0.39 is 4.92 Å². The van der Waals surface area contributed by atoms with Gasteiger partial charge in [-0.3, -0.25) is 19.7 Å². The van der Waals surface area contributed by atoms with Gasteiger partial charge in [0.15, 0.2) is 0 Å². The van der Waals surface area contributed by atoms with Crippen molar-refractivity contribution in [3.63, 3.8) is 0 Å². The van der Waals surface area contributed by atoms with Gasteiger partial charge in [0.05, 0.1) is 11.0 Å². The van der Waals surface area contributed by atoms with Crippen LogP contribution in [0.4, 0.5) is 5.69 Å². The van der Waals surface area contributed by atoms with E-state index in [-0.39, 0.29) is 23.5 Å². The van der Waals surface area contributed by atoms with Crippen molar-refractivity contribution in [2.45, 2.75) is 13.0 Å². The summed E-state index contributed by atoms with van der Waals surface area (Å²) in [5.74, 6) is -0.406. The molecule has 2 amide bonds. The van der Waals surface area contributed by atoms with Crippen molar-refractivity contribution >= 4 is 23.6 Å². The number of nitro groups is 1. The molecule has 1 atom stereocenters. The minimum atomic E-state index is -0.458. The molecule has 0 bridgehead atoms. The maximum Gasteiger partial charge on any atom is 0.269 e. The van der Waals surface area contributed by atoms with Gasteiger partial charge in [-0.05, 0) is 36.3 Å². The van der Waals surface area contributed by atoms with Crippen LogP contribution in [0.15, 0.2) is 54.6 Å². The van der Waals surface area contributed by atoms with Gasteiger partial charge in [0.1, 0.15) is 0 Å². The average Bonchev–Trinajstić information content (AvgIpc) is 2.70. The molecule has 0 radical (unpaired) electrons. The van der Waals surface area contributed by atoms with Crippen LogP contribution < -0.4 is 5.32 Å². The van der Waals surface area contributed by atoms with Gasteiger partial charge in [-0.25, -0.2) is 0 Å². The minimum Gasteiger partial charge on any atom is -0.355 e. The zero-order valence-corrected chi connectivity index (χ0v) is 15.4. The normalized spacial score (nSPS) is 11.8. The highest BCUT2D eigenvalue weighted by molar-refractivity contribution is 5.94. The Hall–Kier alpha value is -3.48. The molecule has 2 aromatic carbocycles. The van der Waals surface area contributed by atoms with Crippen LogP contribution in [-0.2, 0) is 4.79 Å². The Kier molecular flexibility index (Phi) is 6.43. The molecule has 1 unspecified atom stereocenters. The van der Waals surface area contributed by atoms with Crippen molar-refractivity contribution in [1.29, 1.82) is 0 Å². The Morgan fingerprint density at radius 3 is 2.44 bits per heavy atom. The fourth-order valence-corrected chi connectivity index (χ4v) is 2.49. The van der Waals surface area contributed by atoms with Crippen LogP contribution in [0.1, 0.15) is 34.5 Å². The highest BCUT2D eigenvalue weighted by Gasteiger charge is 2.17. The summed E-state index contributed by atoms with van der Waals surface area (Å²) in [6, 6.07) is 12.8. The van der Waals surface area contributed by atoms with Gasteiger partial charge >= 0.3 is 0 Å². The molecule has 0 aromatic heterocycles. The summed E-state index contributed by atoms with van der Waals surface area (Å²) in [7, 11) is 3.21. The molecular weight excluding hydrogens is 346 g/mol. The second-order valence-corrected chi connectivity index (χ2v) is 6.01. The van der Waals surface area contributed by atoms with E-state index >= 15 is 0 Å². The van der Waals surface area contributed by atoms with Crippen LogP contribution in [0.2, 0.25) is 0 Å². The first-order valence-corrected chi connectivity index (χ1v) is 8.35. The molecule has 1 N–H and O–H groups in total. The van der Waals surface area contributed by atoms with Crippen molar-refractivity contribution in [1.82, 2.24) is 10.2 Å². The predicted molar refractivity (Wildman–Crippen MR) is 103 cm³/mol. The number of non-ortho nitro benzene ring substituents is 1. The summed E-state index contributed by atoms with van der Waals surface area (Å²) >= 11 is 0. The lowest BCUT2D eigenvalue weighted by Gasteiger charge is -2.24. The summed E-state index contributed by atoms with van der Waals surface area (Å²) < 4.78 is 0. The third kappa shape index (κ3) is 5.01. The van der Waals surface area contributed by atoms with E-state index in [1.54, 1.807) is 56.6 Å². The summed E-state index contributed by atoms with van der Waals surface area (Å²) in [5, 5.41) is 13.5. The third-order valence-corrected chi connectivity index (χ3v) is 4.31. The van der Waals surface area contributed by atoms with Crippen LogP contribution in [0.25, 0.3) is 6.08 Å². The lowest BCUT2D eigenvalue weighted by Crippen LogP contribution is -2.28. The Balaban J connectivity index is 2.08. The van der Waals surface area contributed by atoms with Gasteiger partial charge in [-0.15, -0.1) is 0 Å². The molecule has 27 heavy (non-hydrogen) atoms. The fraction of sp³-hybridized carbons (Fsp3) is 0.200. The molecular formula is C20H21N3O4. The Morgan fingerprint density at radius 1 is 1.19 bits per heavy atom. The number of nitrogens with one attached hydrogen (secondary N) is 1. The molecule has 0 aliphatic heterocycles. The number of rotatable bonds is 6. The Labute approximate surface area is 157 Å². The second-order valence-electron chi connectivity index (χ2n) is 6.01. The van der Waals surface area contributed by atoms with E-state index in [9.17, 15) is 19.7 Å². The number of benzene rings is 2. The monoisotopic (exact) mass is 367 g/mol. The summed E-state index contributed by atoms with van der Waals surface area (Å²) in [5.41, 5.74) is 2.00. The van der Waals surface area contributed by atoms with Crippen molar-refractivity contribution in [2.24, 2.45) is 0 Å². The summed E-state index contributed by atoms with van der Waals surface area (Å²) in [6.07, 6.45) is 3.09. The largest absolute Gasteiger partial charge is 0.355 e. The van der Waals surface area contributed by atoms with Crippen molar-refractivity contribution in [3.05, 3.63) is 81.4 Å². The quantitative estimate of drug-likeness (QED) is 0.482. The first-order chi connectivity index (χ1) is 12.8. The topological polar surface area (TPSA) is 92.6 Å². The highest BCUT2D eigenvalue weighted by Crippen LogP contribution is 2.23. The van der Waals surface area contributed by atoms with Gasteiger partial charge in [-0.1, -0.05) is 24.3 Å². The van der Waals surface area contributed by atoms with E-state index in [0.717, 1.165) is 5.56 Å². The second kappa shape index (κ2) is 8.75. The number of hydrogen-bond acceptors (Lipinski definition) is 4. The Bertz CT molecular complexity index is 875. The third-order valence-electron chi connectivity index (χ3n) is 4.31. The smallest absolute Gasteiger partial charge is 0.269 e. The number of likely N-dealkylation sites (N-methyl/N-ethyl adjacent to an activating group) is 1. The molecule has 0 saturated carbocycles. The van der Waals surface area contributed by atoms with Crippen LogP contribution in [0.3, 0.4) is 0 Å². The van der Waals surface area contributed by atoms with E-state index in [4.69, 9.17) is 0 Å². The number of amides is 2. The zero-order chi connectivity index (χ0) is 20.0. The number of nitrogens with zero attached hydrogens (tertiary/aromatic N) is 2. The zero-order valence-electron chi connectivity index (χ0n) is 15.4. The van der Waals surface area contributed by atoms with Crippen LogP contribution >= 0.6 is 0 Å². The highest BCUT2D eigenvalue weighted by atomic mass is 16.6. The van der Waals surface area contributed by atoms with E-state index in [2.05, 4.69) is 5.32 Å². The number of hydrogen-bond donors (Lipinski definition) is 1. The van der Waals surface area contributed by atoms with E-state index in [0.29, 0.717) is 11.1 Å². The van der Waals surface area contributed by atoms with Crippen molar-refractivity contribution < 1.29 is 14.5 Å². The van der Waals surface area contributed by atoms with Gasteiger partial charge in [-0.2, -0.15) is 0 Å². The molecule has 0 spiro atoms. The van der Waals surface area contributed by atoms with E-state index in [1.807, 2.05) is 6.92 Å². The predicted octanol–water partition coefficient (Wildman–Crippen LogP) is 3.19. The lowest BCUT2D eigenvalue weighted by atomic mass is 10.1. The lowest BCUT2D eigenvalue weighted by molar-refractivity contribution is -0.384. The van der Waals surface area contributed by atoms with Gasteiger partial charge in [0.25, 0.3) is 11.6 Å². The van der Waals surface area contributed by atoms with Crippen LogP contribution in [0, 0.1) is 10.1 Å². The molecule has 0 heterocycles. The molecule has 0 saturated heterocycles. The Morgan fingerprint density at radius 2 is 1.85 bits per heavy atom. The standard InChI is InChI=1S/C20H21N3O4/c1-14(17-5-4-6-18(13-17)23(26)27)22(3)19(24)12-9-15-7-10-16(11-8-15)20(25)21-2/h4-14H,1-3H3,(H,21,25)/b12-9+. The van der Waals surface area contributed by atoms with Gasteiger partial charge in [0, 0.05) is 37.9 Å². The minimum absolute atomic E-state index is 0.00746. The maximum atomic E-state index is 12.4. The van der Waals surface area contributed by atoms with E-state index in [1.165, 1.54) is 23.1 Å². The first kappa shape index (κ1) is 19.8. The summed E-state index contributed by atoms with van der Waals surface area (Å²) in [4.78, 5) is 35.9. The van der Waals surface area contributed by atoms with Crippen molar-refractivity contribution in [2.75, 3.05) is 14.1 Å². The molecule has 0 aliphatic rings. The SMILES string of the molecule is CNC(=O)c1ccc(/C=C/C(=O)N(C)C(C)c2cccc([N+](=O)[O-])c2)cc1. The van der Waals surface area contributed by atoms with Gasteiger partial charge in [0.2, 0.25) is 5.91 Å². The molecule has 0 fully saturated rings. The summed E-state index contributed by atoms with van der Waals surface area (Å²) in [6.45, 7) is 1.81. The number of nitro benzene ring substituents is 1. The molecule has 7 nitrogen and oxygen atoms in total. The fourth-order valence-electron chi connectivity index (χ4n) is 2.49. The molecule has 2 aromatic rings. The number of carbonyl (C=O) groups is 2. The molecule has 0 aliphatic carbocycles. The number of carbonyl (C=O) groups excluding carboxylic acids is 2. The first-order valence-electron chi connectivity index (χ1n) is 8.35. The molecule has 7 heteroatoms.